The number of carbonyl (C=O) groups excluding carboxylic acids is 3. The molecule has 7 nitrogen and oxygen atoms in total. The second-order valence-corrected chi connectivity index (χ2v) is 19.5. The molecule has 5 saturated carbocycles. The third-order valence-corrected chi connectivity index (χ3v) is 16.4. The molecule has 12 unspecified atom stereocenters. The molecule has 0 bridgehead atoms. The van der Waals surface area contributed by atoms with Gasteiger partial charge in [-0.3, -0.25) is 19.2 Å². The number of hydrogen-bond donors (Lipinski definition) is 3. The Morgan fingerprint density at radius 2 is 1.57 bits per heavy atom. The lowest BCUT2D eigenvalue weighted by atomic mass is 9.37. The summed E-state index contributed by atoms with van der Waals surface area (Å²) in [4.78, 5) is 52.3. The second-order valence-electron chi connectivity index (χ2n) is 19.5. The van der Waals surface area contributed by atoms with Gasteiger partial charge in [0.05, 0.1) is 5.92 Å². The van der Waals surface area contributed by atoms with Gasteiger partial charge in [0, 0.05) is 42.7 Å². The van der Waals surface area contributed by atoms with Gasteiger partial charge >= 0.3 is 5.97 Å². The number of allylic oxidation sites excluding steroid dienone is 2. The minimum Gasteiger partial charge on any atom is -0.481 e. The lowest BCUT2D eigenvalue weighted by Gasteiger charge is -2.67. The fourth-order valence-corrected chi connectivity index (χ4v) is 13.4. The van der Waals surface area contributed by atoms with Crippen molar-refractivity contribution in [2.75, 3.05) is 13.6 Å². The summed E-state index contributed by atoms with van der Waals surface area (Å²) in [5.74, 6) is 2.62. The average Bonchev–Trinajstić information content (AvgIpc) is 3.32. The predicted molar refractivity (Wildman–Crippen MR) is 192 cm³/mol. The molecule has 0 heterocycles. The van der Waals surface area contributed by atoms with Crippen LogP contribution >= 0.6 is 0 Å². The van der Waals surface area contributed by atoms with Crippen LogP contribution in [0.1, 0.15) is 132 Å². The van der Waals surface area contributed by atoms with E-state index in [0.29, 0.717) is 73.5 Å². The number of ketones is 2. The SMILES string of the molecule is CNC(C)(C)CNC(=O)CC12CCC3C(CCC4C3(C)CCC3C(C)C(CC(=O)C5CC(C(=O)O)C5C)CCC34C)C1=C(C(C)C)C(=O)C2. The Balaban J connectivity index is 1.20. The van der Waals surface area contributed by atoms with Crippen molar-refractivity contribution >= 4 is 23.4 Å². The lowest BCUT2D eigenvalue weighted by Crippen LogP contribution is -2.60. The van der Waals surface area contributed by atoms with E-state index in [9.17, 15) is 24.3 Å². The highest BCUT2D eigenvalue weighted by Crippen LogP contribution is 2.72. The molecule has 6 rings (SSSR count). The smallest absolute Gasteiger partial charge is 0.306 e. The van der Waals surface area contributed by atoms with Crippen molar-refractivity contribution in [1.29, 1.82) is 0 Å². The van der Waals surface area contributed by atoms with E-state index in [-0.39, 0.29) is 57.1 Å². The lowest BCUT2D eigenvalue weighted by molar-refractivity contribution is -0.173. The molecule has 0 aromatic carbocycles. The molecule has 3 N–H and O–H groups in total. The van der Waals surface area contributed by atoms with Gasteiger partial charge in [-0.15, -0.1) is 0 Å². The Bertz CT molecular complexity index is 1400. The van der Waals surface area contributed by atoms with Crippen LogP contribution in [0.15, 0.2) is 11.1 Å². The third kappa shape index (κ3) is 5.98. The van der Waals surface area contributed by atoms with E-state index in [0.717, 1.165) is 31.3 Å². The molecular formula is C42H66N2O5. The molecule has 7 heteroatoms. The molecule has 0 aromatic heterocycles. The molecule has 6 aliphatic carbocycles. The van der Waals surface area contributed by atoms with Crippen molar-refractivity contribution in [2.45, 2.75) is 138 Å². The summed E-state index contributed by atoms with van der Waals surface area (Å²) in [6.45, 7) is 18.6. The van der Waals surface area contributed by atoms with E-state index in [4.69, 9.17) is 0 Å². The average molecular weight is 679 g/mol. The third-order valence-electron chi connectivity index (χ3n) is 16.4. The number of likely N-dealkylation sites (N-methyl/N-ethyl adjacent to an activating group) is 1. The largest absolute Gasteiger partial charge is 0.481 e. The van der Waals surface area contributed by atoms with Crippen molar-refractivity contribution in [3.05, 3.63) is 11.1 Å². The van der Waals surface area contributed by atoms with Crippen LogP contribution < -0.4 is 10.6 Å². The summed E-state index contributed by atoms with van der Waals surface area (Å²) < 4.78 is 0. The van der Waals surface area contributed by atoms with Crippen LogP contribution in [0.5, 0.6) is 0 Å². The number of carbonyl (C=O) groups is 4. The number of aliphatic carboxylic acids is 1. The van der Waals surface area contributed by atoms with E-state index < -0.39 is 5.97 Å². The fraction of sp³-hybridized carbons (Fsp3) is 0.857. The molecule has 49 heavy (non-hydrogen) atoms. The van der Waals surface area contributed by atoms with Gasteiger partial charge in [0.1, 0.15) is 5.78 Å². The number of amides is 1. The number of carboxylic acid groups (broad SMARTS) is 1. The second kappa shape index (κ2) is 12.9. The Morgan fingerprint density at radius 1 is 0.918 bits per heavy atom. The van der Waals surface area contributed by atoms with Crippen LogP contribution in [-0.4, -0.2) is 47.7 Å². The molecular weight excluding hydrogens is 612 g/mol. The Kier molecular flexibility index (Phi) is 9.66. The number of carboxylic acids is 1. The number of fused-ring (bicyclic) bond motifs is 7. The first-order valence-corrected chi connectivity index (χ1v) is 19.9. The zero-order valence-corrected chi connectivity index (χ0v) is 32.0. The molecule has 0 saturated heterocycles. The van der Waals surface area contributed by atoms with Gasteiger partial charge in [-0.1, -0.05) is 47.1 Å². The number of hydrogen-bond acceptors (Lipinski definition) is 5. The Hall–Kier alpha value is -2.02. The maximum absolute atomic E-state index is 13.8. The summed E-state index contributed by atoms with van der Waals surface area (Å²) in [5, 5.41) is 15.9. The van der Waals surface area contributed by atoms with Gasteiger partial charge in [-0.25, -0.2) is 0 Å². The summed E-state index contributed by atoms with van der Waals surface area (Å²) >= 11 is 0. The van der Waals surface area contributed by atoms with Crippen LogP contribution in [0.25, 0.3) is 0 Å². The molecule has 0 aliphatic heterocycles. The van der Waals surface area contributed by atoms with Crippen molar-refractivity contribution in [1.82, 2.24) is 10.6 Å². The number of Topliss-reactive ketones (excluding diaryl/α,β-unsaturated/α-hetero) is 2. The fourth-order valence-electron chi connectivity index (χ4n) is 13.4. The van der Waals surface area contributed by atoms with E-state index in [1.165, 1.54) is 31.3 Å². The molecule has 0 radical (unpaired) electrons. The molecule has 5 fully saturated rings. The van der Waals surface area contributed by atoms with Crippen molar-refractivity contribution < 1.29 is 24.3 Å². The highest BCUT2D eigenvalue weighted by Gasteiger charge is 2.65. The van der Waals surface area contributed by atoms with Gasteiger partial charge < -0.3 is 15.7 Å². The van der Waals surface area contributed by atoms with Crippen molar-refractivity contribution in [3.8, 4) is 0 Å². The first-order valence-electron chi connectivity index (χ1n) is 19.9. The van der Waals surface area contributed by atoms with Crippen LogP contribution in [0.4, 0.5) is 0 Å². The summed E-state index contributed by atoms with van der Waals surface area (Å²) in [6, 6.07) is 0. The van der Waals surface area contributed by atoms with Crippen LogP contribution in [-0.2, 0) is 19.2 Å². The minimum absolute atomic E-state index is 0.0460. The van der Waals surface area contributed by atoms with Crippen molar-refractivity contribution in [2.24, 2.45) is 75.4 Å². The van der Waals surface area contributed by atoms with Gasteiger partial charge in [-0.05, 0) is 142 Å². The van der Waals surface area contributed by atoms with Gasteiger partial charge in [0.2, 0.25) is 5.91 Å². The Morgan fingerprint density at radius 3 is 2.20 bits per heavy atom. The number of nitrogens with one attached hydrogen (secondary N) is 2. The maximum Gasteiger partial charge on any atom is 0.306 e. The van der Waals surface area contributed by atoms with Gasteiger partial charge in [0.15, 0.2) is 5.78 Å². The minimum atomic E-state index is -0.756. The zero-order valence-electron chi connectivity index (χ0n) is 32.0. The molecule has 1 amide bonds. The van der Waals surface area contributed by atoms with Crippen LogP contribution in [0, 0.1) is 75.4 Å². The molecule has 0 spiro atoms. The normalized spacial score (nSPS) is 43.2. The van der Waals surface area contributed by atoms with E-state index in [1.54, 1.807) is 0 Å². The van der Waals surface area contributed by atoms with Crippen LogP contribution in [0.2, 0.25) is 0 Å². The monoisotopic (exact) mass is 678 g/mol. The quantitative estimate of drug-likeness (QED) is 0.219. The first kappa shape index (κ1) is 36.8. The molecule has 0 aromatic rings. The maximum atomic E-state index is 13.8. The van der Waals surface area contributed by atoms with Gasteiger partial charge in [0.25, 0.3) is 0 Å². The van der Waals surface area contributed by atoms with Gasteiger partial charge in [-0.2, -0.15) is 0 Å². The van der Waals surface area contributed by atoms with Crippen LogP contribution in [0.3, 0.4) is 0 Å². The van der Waals surface area contributed by atoms with Crippen molar-refractivity contribution in [3.63, 3.8) is 0 Å². The highest BCUT2D eigenvalue weighted by molar-refractivity contribution is 6.01. The topological polar surface area (TPSA) is 113 Å². The zero-order chi connectivity index (χ0) is 35.8. The highest BCUT2D eigenvalue weighted by atomic mass is 16.4. The molecule has 12 atom stereocenters. The standard InChI is InChI=1S/C42H66N2O5/c1-23(2)36-33(46)20-42(21-35(47)44-22-39(5,6)43-9)17-14-31-27(37(36)42)10-11-34-40(7)15-12-26(24(3)30(40)13-16-41(31,34)8)18-32(45)28-19-29(25(28)4)38(48)49/h23-31,34,43H,10-22H2,1-9H3,(H,44,47)(H,48,49). The first-order chi connectivity index (χ1) is 22.9. The van der Waals surface area contributed by atoms with E-state index >= 15 is 0 Å². The summed E-state index contributed by atoms with van der Waals surface area (Å²) in [7, 11) is 1.92. The predicted octanol–water partition coefficient (Wildman–Crippen LogP) is 7.62. The summed E-state index contributed by atoms with van der Waals surface area (Å²) in [6.07, 6.45) is 11.0. The Labute approximate surface area is 296 Å². The van der Waals surface area contributed by atoms with E-state index in [1.807, 2.05) is 14.0 Å². The molecule has 274 valence electrons. The van der Waals surface area contributed by atoms with E-state index in [2.05, 4.69) is 59.1 Å². The molecule has 6 aliphatic rings. The summed E-state index contributed by atoms with van der Waals surface area (Å²) in [5.41, 5.74) is 2.35. The number of rotatable bonds is 10.